The molecule has 1 N–H and O–H groups in total. The summed E-state index contributed by atoms with van der Waals surface area (Å²) in [7, 11) is 1.85. The van der Waals surface area contributed by atoms with Crippen LogP contribution in [-0.2, 0) is 13.1 Å². The summed E-state index contributed by atoms with van der Waals surface area (Å²) in [5.41, 5.74) is 2.10. The van der Waals surface area contributed by atoms with Gasteiger partial charge in [-0.2, -0.15) is 0 Å². The van der Waals surface area contributed by atoms with E-state index in [4.69, 9.17) is 0 Å². The molecule has 0 atom stereocenters. The average Bonchev–Trinajstić information content (AvgIpc) is 2.47. The molecule has 0 amide bonds. The van der Waals surface area contributed by atoms with Gasteiger partial charge in [-0.3, -0.25) is 0 Å². The maximum atomic E-state index is 13.4. The molecule has 0 bridgehead atoms. The summed E-state index contributed by atoms with van der Waals surface area (Å²) in [5.74, 6) is 0.543. The van der Waals surface area contributed by atoms with Crippen molar-refractivity contribution in [2.45, 2.75) is 20.0 Å². The van der Waals surface area contributed by atoms with Crippen molar-refractivity contribution >= 4 is 5.82 Å². The highest BCUT2D eigenvalue weighted by Gasteiger charge is 2.12. The van der Waals surface area contributed by atoms with E-state index in [0.717, 1.165) is 24.5 Å². The Hall–Kier alpha value is -1.94. The van der Waals surface area contributed by atoms with Crippen molar-refractivity contribution in [3.63, 3.8) is 0 Å². The van der Waals surface area contributed by atoms with Crippen LogP contribution in [0.1, 0.15) is 18.1 Å². The third kappa shape index (κ3) is 3.54. The Morgan fingerprint density at radius 1 is 1.25 bits per heavy atom. The van der Waals surface area contributed by atoms with E-state index < -0.39 is 0 Å². The third-order valence-electron chi connectivity index (χ3n) is 3.17. The van der Waals surface area contributed by atoms with Gasteiger partial charge in [0.25, 0.3) is 0 Å². The summed E-state index contributed by atoms with van der Waals surface area (Å²) in [6.07, 6.45) is 1.28. The van der Waals surface area contributed by atoms with Crippen LogP contribution in [0.2, 0.25) is 0 Å². The molecule has 0 unspecified atom stereocenters. The lowest BCUT2D eigenvalue weighted by Gasteiger charge is -2.24. The van der Waals surface area contributed by atoms with Crippen molar-refractivity contribution in [2.75, 3.05) is 18.5 Å². The molecule has 4 heteroatoms. The number of benzene rings is 1. The molecule has 0 saturated carbocycles. The molecular formula is C16H20FN3. The summed E-state index contributed by atoms with van der Waals surface area (Å²) in [5, 5.41) is 3.06. The van der Waals surface area contributed by atoms with Gasteiger partial charge in [0.1, 0.15) is 11.6 Å². The standard InChI is InChI=1S/C16H20FN3/c1-3-20(12-13-7-5-4-6-8-13)16-14(10-18-2)9-15(17)11-19-16/h4-9,11,18H,3,10,12H2,1-2H3. The van der Waals surface area contributed by atoms with Gasteiger partial charge in [-0.15, -0.1) is 0 Å². The second-order valence-corrected chi connectivity index (χ2v) is 4.67. The SMILES string of the molecule is CCN(Cc1ccccc1)c1ncc(F)cc1CNC. The van der Waals surface area contributed by atoms with Gasteiger partial charge < -0.3 is 10.2 Å². The summed E-state index contributed by atoms with van der Waals surface area (Å²) in [6.45, 7) is 4.28. The second kappa shape index (κ2) is 7.01. The van der Waals surface area contributed by atoms with E-state index in [0.29, 0.717) is 6.54 Å². The summed E-state index contributed by atoms with van der Waals surface area (Å²) < 4.78 is 13.4. The van der Waals surface area contributed by atoms with Crippen LogP contribution < -0.4 is 10.2 Å². The van der Waals surface area contributed by atoms with Gasteiger partial charge in [-0.25, -0.2) is 9.37 Å². The van der Waals surface area contributed by atoms with Gasteiger partial charge in [0, 0.05) is 25.2 Å². The van der Waals surface area contributed by atoms with Crippen molar-refractivity contribution in [1.29, 1.82) is 0 Å². The Kier molecular flexibility index (Phi) is 5.07. The molecule has 1 heterocycles. The number of halogens is 1. The Morgan fingerprint density at radius 2 is 2.00 bits per heavy atom. The first kappa shape index (κ1) is 14.5. The molecular weight excluding hydrogens is 253 g/mol. The van der Waals surface area contributed by atoms with Crippen molar-refractivity contribution in [3.8, 4) is 0 Å². The lowest BCUT2D eigenvalue weighted by atomic mass is 10.2. The van der Waals surface area contributed by atoms with Gasteiger partial charge in [-0.05, 0) is 25.6 Å². The number of rotatable bonds is 6. The zero-order chi connectivity index (χ0) is 14.4. The van der Waals surface area contributed by atoms with Gasteiger partial charge in [0.15, 0.2) is 0 Å². The summed E-state index contributed by atoms with van der Waals surface area (Å²) in [4.78, 5) is 6.43. The highest BCUT2D eigenvalue weighted by Crippen LogP contribution is 2.20. The maximum absolute atomic E-state index is 13.4. The van der Waals surface area contributed by atoms with Crippen LogP contribution in [0.4, 0.5) is 10.2 Å². The largest absolute Gasteiger partial charge is 0.352 e. The summed E-state index contributed by atoms with van der Waals surface area (Å²) >= 11 is 0. The van der Waals surface area contributed by atoms with Crippen LogP contribution in [0.3, 0.4) is 0 Å². The fraction of sp³-hybridized carbons (Fsp3) is 0.312. The molecule has 1 aromatic heterocycles. The fourth-order valence-electron chi connectivity index (χ4n) is 2.22. The topological polar surface area (TPSA) is 28.2 Å². The quantitative estimate of drug-likeness (QED) is 0.877. The molecule has 0 fully saturated rings. The monoisotopic (exact) mass is 273 g/mol. The van der Waals surface area contributed by atoms with E-state index in [-0.39, 0.29) is 5.82 Å². The van der Waals surface area contributed by atoms with Crippen LogP contribution in [0, 0.1) is 5.82 Å². The Bertz CT molecular complexity index is 543. The van der Waals surface area contributed by atoms with Crippen LogP contribution in [-0.4, -0.2) is 18.6 Å². The van der Waals surface area contributed by atoms with Gasteiger partial charge in [0.2, 0.25) is 0 Å². The second-order valence-electron chi connectivity index (χ2n) is 4.67. The minimum Gasteiger partial charge on any atom is -0.352 e. The van der Waals surface area contributed by atoms with E-state index in [1.165, 1.54) is 11.8 Å². The molecule has 20 heavy (non-hydrogen) atoms. The first-order valence-corrected chi connectivity index (χ1v) is 6.82. The van der Waals surface area contributed by atoms with E-state index in [9.17, 15) is 4.39 Å². The summed E-state index contributed by atoms with van der Waals surface area (Å²) in [6, 6.07) is 11.8. The molecule has 0 spiro atoms. The molecule has 3 nitrogen and oxygen atoms in total. The zero-order valence-corrected chi connectivity index (χ0v) is 11.9. The van der Waals surface area contributed by atoms with Crippen molar-refractivity contribution < 1.29 is 4.39 Å². The zero-order valence-electron chi connectivity index (χ0n) is 11.9. The van der Waals surface area contributed by atoms with E-state index in [1.807, 2.05) is 25.2 Å². The number of pyridine rings is 1. The number of aromatic nitrogens is 1. The molecule has 0 radical (unpaired) electrons. The number of nitrogens with zero attached hydrogens (tertiary/aromatic N) is 2. The number of anilines is 1. The van der Waals surface area contributed by atoms with E-state index in [1.54, 1.807) is 6.07 Å². The van der Waals surface area contributed by atoms with Gasteiger partial charge >= 0.3 is 0 Å². The van der Waals surface area contributed by atoms with Crippen LogP contribution in [0.15, 0.2) is 42.6 Å². The fourth-order valence-corrected chi connectivity index (χ4v) is 2.22. The van der Waals surface area contributed by atoms with Crippen molar-refractivity contribution in [1.82, 2.24) is 10.3 Å². The molecule has 0 saturated heterocycles. The highest BCUT2D eigenvalue weighted by molar-refractivity contribution is 5.47. The third-order valence-corrected chi connectivity index (χ3v) is 3.17. The van der Waals surface area contributed by atoms with E-state index in [2.05, 4.69) is 34.3 Å². The minimum atomic E-state index is -0.297. The first-order valence-electron chi connectivity index (χ1n) is 6.82. The molecule has 0 aliphatic heterocycles. The lowest BCUT2D eigenvalue weighted by molar-refractivity contribution is 0.614. The predicted octanol–water partition coefficient (Wildman–Crippen LogP) is 2.97. The Balaban J connectivity index is 2.27. The normalized spacial score (nSPS) is 10.6. The minimum absolute atomic E-state index is 0.297. The Labute approximate surface area is 119 Å². The molecule has 1 aromatic carbocycles. The average molecular weight is 273 g/mol. The molecule has 106 valence electrons. The van der Waals surface area contributed by atoms with Crippen LogP contribution in [0.25, 0.3) is 0 Å². The number of hydrogen-bond donors (Lipinski definition) is 1. The van der Waals surface area contributed by atoms with E-state index >= 15 is 0 Å². The molecule has 0 aliphatic carbocycles. The van der Waals surface area contributed by atoms with Crippen molar-refractivity contribution in [3.05, 3.63) is 59.5 Å². The lowest BCUT2D eigenvalue weighted by Crippen LogP contribution is -2.25. The Morgan fingerprint density at radius 3 is 2.65 bits per heavy atom. The first-order chi connectivity index (χ1) is 9.74. The van der Waals surface area contributed by atoms with Crippen LogP contribution in [0.5, 0.6) is 0 Å². The molecule has 2 rings (SSSR count). The number of hydrogen-bond acceptors (Lipinski definition) is 3. The maximum Gasteiger partial charge on any atom is 0.141 e. The van der Waals surface area contributed by atoms with Crippen molar-refractivity contribution in [2.24, 2.45) is 0 Å². The molecule has 2 aromatic rings. The predicted molar refractivity (Wildman–Crippen MR) is 80.1 cm³/mol. The molecule has 0 aliphatic rings. The van der Waals surface area contributed by atoms with Gasteiger partial charge in [-0.1, -0.05) is 30.3 Å². The smallest absolute Gasteiger partial charge is 0.141 e. The highest BCUT2D eigenvalue weighted by atomic mass is 19.1. The van der Waals surface area contributed by atoms with Crippen LogP contribution >= 0.6 is 0 Å². The number of nitrogens with one attached hydrogen (secondary N) is 1. The van der Waals surface area contributed by atoms with Gasteiger partial charge in [0.05, 0.1) is 6.20 Å².